The van der Waals surface area contributed by atoms with Gasteiger partial charge in [0.1, 0.15) is 5.75 Å². The summed E-state index contributed by atoms with van der Waals surface area (Å²) < 4.78 is 6.19. The SMILES string of the molecule is COc1ccc(C(C)Nc2ccc(C)c(Cl)c2)cc1Br. The van der Waals surface area contributed by atoms with E-state index in [-0.39, 0.29) is 6.04 Å². The summed E-state index contributed by atoms with van der Waals surface area (Å²) in [5, 5.41) is 4.22. The van der Waals surface area contributed by atoms with Crippen molar-refractivity contribution in [2.75, 3.05) is 12.4 Å². The molecule has 0 saturated carbocycles. The van der Waals surface area contributed by atoms with Gasteiger partial charge in [-0.2, -0.15) is 0 Å². The number of anilines is 1. The number of aryl methyl sites for hydroxylation is 1. The summed E-state index contributed by atoms with van der Waals surface area (Å²) >= 11 is 9.65. The minimum absolute atomic E-state index is 0.177. The number of halogens is 2. The lowest BCUT2D eigenvalue weighted by Gasteiger charge is -2.17. The van der Waals surface area contributed by atoms with Crippen LogP contribution < -0.4 is 10.1 Å². The Bertz CT molecular complexity index is 615. The first-order valence-electron chi connectivity index (χ1n) is 6.37. The van der Waals surface area contributed by atoms with Gasteiger partial charge in [0.15, 0.2) is 0 Å². The van der Waals surface area contributed by atoms with E-state index in [2.05, 4.69) is 40.3 Å². The van der Waals surface area contributed by atoms with Gasteiger partial charge in [-0.25, -0.2) is 0 Å². The van der Waals surface area contributed by atoms with Crippen molar-refractivity contribution >= 4 is 33.2 Å². The van der Waals surface area contributed by atoms with E-state index in [1.54, 1.807) is 7.11 Å². The van der Waals surface area contributed by atoms with Crippen LogP contribution in [0, 0.1) is 6.92 Å². The monoisotopic (exact) mass is 353 g/mol. The molecule has 0 aliphatic carbocycles. The maximum atomic E-state index is 6.14. The van der Waals surface area contributed by atoms with E-state index >= 15 is 0 Å². The molecule has 0 heterocycles. The Kier molecular flexibility index (Phi) is 4.95. The molecule has 0 fully saturated rings. The summed E-state index contributed by atoms with van der Waals surface area (Å²) in [6.07, 6.45) is 0. The fourth-order valence-corrected chi connectivity index (χ4v) is 2.71. The van der Waals surface area contributed by atoms with Crippen LogP contribution in [0.5, 0.6) is 5.75 Å². The molecule has 20 heavy (non-hydrogen) atoms. The van der Waals surface area contributed by atoms with Gasteiger partial charge in [0.05, 0.1) is 11.6 Å². The van der Waals surface area contributed by atoms with Crippen LogP contribution in [0.1, 0.15) is 24.1 Å². The van der Waals surface area contributed by atoms with Crippen LogP contribution in [0.4, 0.5) is 5.69 Å². The van der Waals surface area contributed by atoms with Crippen LogP contribution in [-0.4, -0.2) is 7.11 Å². The van der Waals surface area contributed by atoms with Crippen LogP contribution in [-0.2, 0) is 0 Å². The van der Waals surface area contributed by atoms with Crippen molar-refractivity contribution in [2.24, 2.45) is 0 Å². The highest BCUT2D eigenvalue weighted by Gasteiger charge is 2.09. The van der Waals surface area contributed by atoms with Crippen molar-refractivity contribution in [3.05, 3.63) is 57.0 Å². The normalized spacial score (nSPS) is 12.1. The van der Waals surface area contributed by atoms with E-state index in [0.29, 0.717) is 0 Å². The van der Waals surface area contributed by atoms with E-state index in [1.807, 2.05) is 31.2 Å². The van der Waals surface area contributed by atoms with Crippen molar-refractivity contribution in [3.63, 3.8) is 0 Å². The first kappa shape index (κ1) is 15.2. The molecule has 4 heteroatoms. The predicted octanol–water partition coefficient (Wildman–Crippen LogP) is 5.59. The molecular weight excluding hydrogens is 338 g/mol. The standard InChI is InChI=1S/C16H17BrClNO/c1-10-4-6-13(9-15(10)18)19-11(2)12-5-7-16(20-3)14(17)8-12/h4-9,11,19H,1-3H3. The third-order valence-corrected chi connectivity index (χ3v) is 4.26. The van der Waals surface area contributed by atoms with Gasteiger partial charge >= 0.3 is 0 Å². The molecule has 2 aromatic carbocycles. The number of rotatable bonds is 4. The van der Waals surface area contributed by atoms with Crippen LogP contribution >= 0.6 is 27.5 Å². The number of ether oxygens (including phenoxy) is 1. The lowest BCUT2D eigenvalue weighted by Crippen LogP contribution is -2.06. The number of nitrogens with one attached hydrogen (secondary N) is 1. The average molecular weight is 355 g/mol. The highest BCUT2D eigenvalue weighted by atomic mass is 79.9. The molecule has 1 unspecified atom stereocenters. The van der Waals surface area contributed by atoms with Crippen molar-refractivity contribution in [1.82, 2.24) is 0 Å². The molecule has 0 aliphatic heterocycles. The van der Waals surface area contributed by atoms with E-state index in [9.17, 15) is 0 Å². The summed E-state index contributed by atoms with van der Waals surface area (Å²) in [4.78, 5) is 0. The summed E-state index contributed by atoms with van der Waals surface area (Å²) in [5.74, 6) is 0.833. The molecule has 0 spiro atoms. The second-order valence-corrected chi connectivity index (χ2v) is 5.99. The molecule has 1 atom stereocenters. The van der Waals surface area contributed by atoms with Crippen LogP contribution in [0.15, 0.2) is 40.9 Å². The van der Waals surface area contributed by atoms with Gasteiger partial charge < -0.3 is 10.1 Å². The number of hydrogen-bond acceptors (Lipinski definition) is 2. The van der Waals surface area contributed by atoms with Gasteiger partial charge in [-0.3, -0.25) is 0 Å². The van der Waals surface area contributed by atoms with Gasteiger partial charge in [-0.1, -0.05) is 23.7 Å². The van der Waals surface area contributed by atoms with E-state index in [4.69, 9.17) is 16.3 Å². The first-order chi connectivity index (χ1) is 9.51. The molecule has 2 aromatic rings. The second-order valence-electron chi connectivity index (χ2n) is 4.72. The number of methoxy groups -OCH3 is 1. The lowest BCUT2D eigenvalue weighted by atomic mass is 10.1. The number of hydrogen-bond donors (Lipinski definition) is 1. The molecule has 0 aliphatic rings. The Morgan fingerprint density at radius 2 is 1.95 bits per heavy atom. The zero-order chi connectivity index (χ0) is 14.7. The molecule has 106 valence electrons. The molecule has 0 aromatic heterocycles. The van der Waals surface area contributed by atoms with Crippen molar-refractivity contribution in [2.45, 2.75) is 19.9 Å². The Labute approximate surface area is 133 Å². The lowest BCUT2D eigenvalue weighted by molar-refractivity contribution is 0.412. The average Bonchev–Trinajstić information content (AvgIpc) is 2.42. The minimum atomic E-state index is 0.177. The second kappa shape index (κ2) is 6.51. The van der Waals surface area contributed by atoms with Gasteiger partial charge in [0.2, 0.25) is 0 Å². The zero-order valence-corrected chi connectivity index (χ0v) is 14.0. The topological polar surface area (TPSA) is 21.3 Å². The Hall–Kier alpha value is -1.19. The molecule has 0 saturated heterocycles. The molecule has 1 N–H and O–H groups in total. The fraction of sp³-hybridized carbons (Fsp3) is 0.250. The summed E-state index contributed by atoms with van der Waals surface area (Å²) in [5.41, 5.74) is 3.27. The maximum Gasteiger partial charge on any atom is 0.133 e. The van der Waals surface area contributed by atoms with Gasteiger partial charge in [-0.15, -0.1) is 0 Å². The number of benzene rings is 2. The molecule has 2 nitrogen and oxygen atoms in total. The van der Waals surface area contributed by atoms with Crippen molar-refractivity contribution in [1.29, 1.82) is 0 Å². The molecule has 0 amide bonds. The summed E-state index contributed by atoms with van der Waals surface area (Å²) in [6, 6.07) is 12.3. The largest absolute Gasteiger partial charge is 0.496 e. The molecule has 0 bridgehead atoms. The van der Waals surface area contributed by atoms with Crippen LogP contribution in [0.3, 0.4) is 0 Å². The predicted molar refractivity (Wildman–Crippen MR) is 88.9 cm³/mol. The highest BCUT2D eigenvalue weighted by Crippen LogP contribution is 2.30. The quantitative estimate of drug-likeness (QED) is 0.772. The van der Waals surface area contributed by atoms with E-state index in [0.717, 1.165) is 26.5 Å². The van der Waals surface area contributed by atoms with Crippen molar-refractivity contribution in [3.8, 4) is 5.75 Å². The van der Waals surface area contributed by atoms with Gasteiger partial charge in [0.25, 0.3) is 0 Å². The highest BCUT2D eigenvalue weighted by molar-refractivity contribution is 9.10. The Morgan fingerprint density at radius 3 is 2.55 bits per heavy atom. The Morgan fingerprint density at radius 1 is 1.20 bits per heavy atom. The van der Waals surface area contributed by atoms with Gasteiger partial charge in [0, 0.05) is 16.8 Å². The summed E-state index contributed by atoms with van der Waals surface area (Å²) in [6.45, 7) is 4.11. The third kappa shape index (κ3) is 3.47. The Balaban J connectivity index is 2.17. The van der Waals surface area contributed by atoms with E-state index in [1.165, 1.54) is 5.56 Å². The summed E-state index contributed by atoms with van der Waals surface area (Å²) in [7, 11) is 1.66. The van der Waals surface area contributed by atoms with Crippen molar-refractivity contribution < 1.29 is 4.74 Å². The van der Waals surface area contributed by atoms with Crippen LogP contribution in [0.2, 0.25) is 5.02 Å². The zero-order valence-electron chi connectivity index (χ0n) is 11.7. The van der Waals surface area contributed by atoms with Gasteiger partial charge in [-0.05, 0) is 65.2 Å². The first-order valence-corrected chi connectivity index (χ1v) is 7.54. The maximum absolute atomic E-state index is 6.14. The molecule has 2 rings (SSSR count). The van der Waals surface area contributed by atoms with Crippen LogP contribution in [0.25, 0.3) is 0 Å². The third-order valence-electron chi connectivity index (χ3n) is 3.23. The fourth-order valence-electron chi connectivity index (χ4n) is 1.97. The minimum Gasteiger partial charge on any atom is -0.496 e. The smallest absolute Gasteiger partial charge is 0.133 e. The molecule has 0 radical (unpaired) electrons. The van der Waals surface area contributed by atoms with E-state index < -0.39 is 0 Å². The molecular formula is C16H17BrClNO.